The van der Waals surface area contributed by atoms with Gasteiger partial charge in [0.2, 0.25) is 5.91 Å². The number of hydrogen-bond donors (Lipinski definition) is 1. The molecule has 2 rings (SSSR count). The lowest BCUT2D eigenvalue weighted by Crippen LogP contribution is -2.14. The summed E-state index contributed by atoms with van der Waals surface area (Å²) in [4.78, 5) is 39.1. The molecule has 2 aromatic rings. The van der Waals surface area contributed by atoms with Crippen molar-refractivity contribution in [1.29, 1.82) is 0 Å². The molecule has 0 aliphatic rings. The molecule has 1 aromatic carbocycles. The first kappa shape index (κ1) is 16.4. The molecule has 0 radical (unpaired) electrons. The van der Waals surface area contributed by atoms with Gasteiger partial charge in [-0.25, -0.2) is 4.79 Å². The van der Waals surface area contributed by atoms with Gasteiger partial charge in [-0.15, -0.1) is 0 Å². The van der Waals surface area contributed by atoms with Crippen LogP contribution < -0.4 is 5.32 Å². The number of methoxy groups -OCH3 is 1. The van der Waals surface area contributed by atoms with E-state index in [1.54, 1.807) is 36.5 Å². The highest BCUT2D eigenvalue weighted by atomic mass is 16.5. The standard InChI is InChI=1S/C17H16N2O4/c1-23-17(22)12-4-2-6-14(10-12)19-16(21)8-7-15(20)13-5-3-9-18-11-13/h2-6,9-11H,7-8H2,1H3,(H,19,21). The Hall–Kier alpha value is -3.02. The summed E-state index contributed by atoms with van der Waals surface area (Å²) in [6.07, 6.45) is 3.20. The quantitative estimate of drug-likeness (QED) is 0.654. The first-order valence-electron chi connectivity index (χ1n) is 7.01. The van der Waals surface area contributed by atoms with Gasteiger partial charge in [-0.2, -0.15) is 0 Å². The van der Waals surface area contributed by atoms with Gasteiger partial charge in [-0.05, 0) is 30.3 Å². The first-order chi connectivity index (χ1) is 11.1. The molecule has 1 heterocycles. The van der Waals surface area contributed by atoms with Crippen LogP contribution in [0.2, 0.25) is 0 Å². The Morgan fingerprint density at radius 1 is 1.09 bits per heavy atom. The van der Waals surface area contributed by atoms with E-state index in [1.165, 1.54) is 19.4 Å². The fourth-order valence-electron chi connectivity index (χ4n) is 1.96. The van der Waals surface area contributed by atoms with Crippen LogP contribution >= 0.6 is 0 Å². The fourth-order valence-corrected chi connectivity index (χ4v) is 1.96. The van der Waals surface area contributed by atoms with Crippen molar-refractivity contribution >= 4 is 23.3 Å². The number of Topliss-reactive ketones (excluding diaryl/α,β-unsaturated/α-hetero) is 1. The highest BCUT2D eigenvalue weighted by molar-refractivity contribution is 6.00. The summed E-state index contributed by atoms with van der Waals surface area (Å²) in [6.45, 7) is 0. The number of rotatable bonds is 6. The highest BCUT2D eigenvalue weighted by Crippen LogP contribution is 2.12. The van der Waals surface area contributed by atoms with Gasteiger partial charge in [0, 0.05) is 36.5 Å². The van der Waals surface area contributed by atoms with Crippen LogP contribution in [0.5, 0.6) is 0 Å². The highest BCUT2D eigenvalue weighted by Gasteiger charge is 2.11. The van der Waals surface area contributed by atoms with Gasteiger partial charge in [0.15, 0.2) is 5.78 Å². The number of nitrogens with zero attached hydrogens (tertiary/aromatic N) is 1. The summed E-state index contributed by atoms with van der Waals surface area (Å²) in [5.41, 5.74) is 1.30. The molecule has 0 spiro atoms. The molecule has 0 saturated carbocycles. The zero-order chi connectivity index (χ0) is 16.7. The topological polar surface area (TPSA) is 85.4 Å². The molecule has 0 aliphatic carbocycles. The second kappa shape index (κ2) is 7.84. The summed E-state index contributed by atoms with van der Waals surface area (Å²) < 4.78 is 4.62. The van der Waals surface area contributed by atoms with E-state index in [4.69, 9.17) is 0 Å². The number of nitrogens with one attached hydrogen (secondary N) is 1. The van der Waals surface area contributed by atoms with Crippen LogP contribution in [0.3, 0.4) is 0 Å². The monoisotopic (exact) mass is 312 g/mol. The minimum absolute atomic E-state index is 0.0518. The second-order valence-corrected chi connectivity index (χ2v) is 4.79. The van der Waals surface area contributed by atoms with Crippen molar-refractivity contribution in [3.8, 4) is 0 Å². The third-order valence-corrected chi connectivity index (χ3v) is 3.13. The number of pyridine rings is 1. The third-order valence-electron chi connectivity index (χ3n) is 3.13. The van der Waals surface area contributed by atoms with Gasteiger partial charge in [0.1, 0.15) is 0 Å². The molecule has 1 N–H and O–H groups in total. The molecule has 0 bridgehead atoms. The summed E-state index contributed by atoms with van der Waals surface area (Å²) >= 11 is 0. The lowest BCUT2D eigenvalue weighted by atomic mass is 10.1. The minimum Gasteiger partial charge on any atom is -0.465 e. The Balaban J connectivity index is 1.90. The number of benzene rings is 1. The number of aromatic nitrogens is 1. The number of carbonyl (C=O) groups is 3. The van der Waals surface area contributed by atoms with E-state index >= 15 is 0 Å². The van der Waals surface area contributed by atoms with E-state index in [1.807, 2.05) is 0 Å². The average Bonchev–Trinajstić information content (AvgIpc) is 2.60. The molecule has 0 unspecified atom stereocenters. The maximum atomic E-state index is 11.9. The summed E-state index contributed by atoms with van der Waals surface area (Å²) in [5, 5.41) is 2.65. The molecule has 1 amide bonds. The van der Waals surface area contributed by atoms with Gasteiger partial charge in [-0.3, -0.25) is 14.6 Å². The predicted molar refractivity (Wildman–Crippen MR) is 84.2 cm³/mol. The first-order valence-corrected chi connectivity index (χ1v) is 7.01. The van der Waals surface area contributed by atoms with Crippen molar-refractivity contribution < 1.29 is 19.1 Å². The average molecular weight is 312 g/mol. The van der Waals surface area contributed by atoms with E-state index in [-0.39, 0.29) is 24.5 Å². The molecular weight excluding hydrogens is 296 g/mol. The maximum absolute atomic E-state index is 11.9. The van der Waals surface area contributed by atoms with Crippen molar-refractivity contribution in [3.05, 3.63) is 59.9 Å². The Morgan fingerprint density at radius 3 is 2.57 bits per heavy atom. The lowest BCUT2D eigenvalue weighted by molar-refractivity contribution is -0.116. The van der Waals surface area contributed by atoms with Crippen LogP contribution in [0.4, 0.5) is 5.69 Å². The van der Waals surface area contributed by atoms with Crippen molar-refractivity contribution in [2.75, 3.05) is 12.4 Å². The molecule has 6 nitrogen and oxygen atoms in total. The van der Waals surface area contributed by atoms with E-state index in [9.17, 15) is 14.4 Å². The summed E-state index contributed by atoms with van der Waals surface area (Å²) in [6, 6.07) is 9.74. The van der Waals surface area contributed by atoms with Gasteiger partial charge < -0.3 is 10.1 Å². The number of anilines is 1. The predicted octanol–water partition coefficient (Wildman–Crippen LogP) is 2.47. The lowest BCUT2D eigenvalue weighted by Gasteiger charge is -2.06. The largest absolute Gasteiger partial charge is 0.465 e. The summed E-state index contributed by atoms with van der Waals surface area (Å²) in [5.74, 6) is -0.923. The van der Waals surface area contributed by atoms with E-state index < -0.39 is 5.97 Å². The van der Waals surface area contributed by atoms with Crippen molar-refractivity contribution in [1.82, 2.24) is 4.98 Å². The zero-order valence-electron chi connectivity index (χ0n) is 12.6. The number of ketones is 1. The normalized spacial score (nSPS) is 9.96. The molecule has 23 heavy (non-hydrogen) atoms. The number of hydrogen-bond acceptors (Lipinski definition) is 5. The zero-order valence-corrected chi connectivity index (χ0v) is 12.6. The van der Waals surface area contributed by atoms with Crippen LogP contribution in [0, 0.1) is 0 Å². The number of carbonyl (C=O) groups excluding carboxylic acids is 3. The SMILES string of the molecule is COC(=O)c1cccc(NC(=O)CCC(=O)c2cccnc2)c1. The molecule has 1 aromatic heterocycles. The molecule has 0 saturated heterocycles. The van der Waals surface area contributed by atoms with Crippen molar-refractivity contribution in [3.63, 3.8) is 0 Å². The van der Waals surface area contributed by atoms with Crippen molar-refractivity contribution in [2.45, 2.75) is 12.8 Å². The molecule has 0 fully saturated rings. The van der Waals surface area contributed by atoms with E-state index in [2.05, 4.69) is 15.0 Å². The fraction of sp³-hybridized carbons (Fsp3) is 0.176. The van der Waals surface area contributed by atoms with Crippen LogP contribution in [0.25, 0.3) is 0 Å². The van der Waals surface area contributed by atoms with Crippen LogP contribution in [-0.4, -0.2) is 29.8 Å². The number of esters is 1. The van der Waals surface area contributed by atoms with Gasteiger partial charge in [0.25, 0.3) is 0 Å². The molecular formula is C17H16N2O4. The molecule has 0 aliphatic heterocycles. The van der Waals surface area contributed by atoms with Gasteiger partial charge in [0.05, 0.1) is 12.7 Å². The Kier molecular flexibility index (Phi) is 5.57. The van der Waals surface area contributed by atoms with E-state index in [0.717, 1.165) is 0 Å². The molecule has 0 atom stereocenters. The van der Waals surface area contributed by atoms with Crippen LogP contribution in [0.15, 0.2) is 48.8 Å². The van der Waals surface area contributed by atoms with Crippen LogP contribution in [-0.2, 0) is 9.53 Å². The Morgan fingerprint density at radius 2 is 1.87 bits per heavy atom. The van der Waals surface area contributed by atoms with Gasteiger partial charge in [-0.1, -0.05) is 6.07 Å². The Bertz CT molecular complexity index is 714. The van der Waals surface area contributed by atoms with Crippen molar-refractivity contribution in [2.24, 2.45) is 0 Å². The maximum Gasteiger partial charge on any atom is 0.337 e. The van der Waals surface area contributed by atoms with Crippen LogP contribution in [0.1, 0.15) is 33.6 Å². The second-order valence-electron chi connectivity index (χ2n) is 4.79. The van der Waals surface area contributed by atoms with E-state index in [0.29, 0.717) is 16.8 Å². The number of amides is 1. The molecule has 6 heteroatoms. The Labute approximate surface area is 133 Å². The molecule has 118 valence electrons. The number of ether oxygens (including phenoxy) is 1. The summed E-state index contributed by atoms with van der Waals surface area (Å²) in [7, 11) is 1.29. The minimum atomic E-state index is -0.479. The van der Waals surface area contributed by atoms with Gasteiger partial charge >= 0.3 is 5.97 Å². The smallest absolute Gasteiger partial charge is 0.337 e. The third kappa shape index (κ3) is 4.74.